The Morgan fingerprint density at radius 1 is 1.35 bits per heavy atom. The fourth-order valence-electron chi connectivity index (χ4n) is 2.83. The SMILES string of the molecule is O=C(O)CC(NC(=O)C1CC12CC2)c1ccc(F)cc1. The molecular weight excluding hydrogens is 261 g/mol. The maximum Gasteiger partial charge on any atom is 0.305 e. The highest BCUT2D eigenvalue weighted by molar-refractivity contribution is 5.84. The van der Waals surface area contributed by atoms with Crippen LogP contribution in [0.1, 0.15) is 37.3 Å². The highest BCUT2D eigenvalue weighted by Crippen LogP contribution is 2.70. The van der Waals surface area contributed by atoms with Crippen LogP contribution >= 0.6 is 0 Å². The Morgan fingerprint density at radius 2 is 2.00 bits per heavy atom. The summed E-state index contributed by atoms with van der Waals surface area (Å²) < 4.78 is 12.9. The number of rotatable bonds is 5. The molecule has 2 fully saturated rings. The van der Waals surface area contributed by atoms with E-state index in [1.165, 1.54) is 24.3 Å². The largest absolute Gasteiger partial charge is 0.481 e. The van der Waals surface area contributed by atoms with Gasteiger partial charge in [-0.25, -0.2) is 4.39 Å². The quantitative estimate of drug-likeness (QED) is 0.867. The van der Waals surface area contributed by atoms with E-state index >= 15 is 0 Å². The zero-order valence-corrected chi connectivity index (χ0v) is 10.9. The van der Waals surface area contributed by atoms with Crippen molar-refractivity contribution in [1.29, 1.82) is 0 Å². The monoisotopic (exact) mass is 277 g/mol. The molecule has 2 saturated carbocycles. The molecule has 0 bridgehead atoms. The summed E-state index contributed by atoms with van der Waals surface area (Å²) in [4.78, 5) is 23.0. The van der Waals surface area contributed by atoms with Crippen molar-refractivity contribution < 1.29 is 19.1 Å². The van der Waals surface area contributed by atoms with Gasteiger partial charge in [0.1, 0.15) is 5.82 Å². The molecule has 2 aliphatic rings. The molecule has 5 heteroatoms. The van der Waals surface area contributed by atoms with E-state index in [1.54, 1.807) is 0 Å². The van der Waals surface area contributed by atoms with Gasteiger partial charge in [0.15, 0.2) is 0 Å². The van der Waals surface area contributed by atoms with E-state index in [9.17, 15) is 14.0 Å². The summed E-state index contributed by atoms with van der Waals surface area (Å²) in [5.74, 6) is -1.40. The molecule has 106 valence electrons. The molecule has 1 amide bonds. The van der Waals surface area contributed by atoms with Gasteiger partial charge >= 0.3 is 5.97 Å². The molecule has 1 spiro atoms. The summed E-state index contributed by atoms with van der Waals surface area (Å²) in [5, 5.41) is 11.8. The van der Waals surface area contributed by atoms with Gasteiger partial charge in [0.05, 0.1) is 12.5 Å². The molecule has 0 aliphatic heterocycles. The van der Waals surface area contributed by atoms with Crippen LogP contribution in [0.4, 0.5) is 4.39 Å². The van der Waals surface area contributed by atoms with Crippen molar-refractivity contribution in [3.05, 3.63) is 35.6 Å². The van der Waals surface area contributed by atoms with Crippen LogP contribution in [0, 0.1) is 17.2 Å². The zero-order chi connectivity index (χ0) is 14.3. The second kappa shape index (κ2) is 4.58. The van der Waals surface area contributed by atoms with Crippen molar-refractivity contribution >= 4 is 11.9 Å². The second-order valence-electron chi connectivity index (χ2n) is 5.83. The average Bonchev–Trinajstić information content (AvgIpc) is 3.30. The molecule has 2 N–H and O–H groups in total. The smallest absolute Gasteiger partial charge is 0.305 e. The van der Waals surface area contributed by atoms with Crippen molar-refractivity contribution in [2.75, 3.05) is 0 Å². The van der Waals surface area contributed by atoms with Gasteiger partial charge in [-0.05, 0) is 42.4 Å². The number of hydrogen-bond donors (Lipinski definition) is 2. The summed E-state index contributed by atoms with van der Waals surface area (Å²) in [5.41, 5.74) is 0.855. The minimum absolute atomic E-state index is 0.0410. The lowest BCUT2D eigenvalue weighted by molar-refractivity contribution is -0.137. The van der Waals surface area contributed by atoms with Gasteiger partial charge in [-0.1, -0.05) is 12.1 Å². The van der Waals surface area contributed by atoms with Crippen LogP contribution in [-0.2, 0) is 9.59 Å². The van der Waals surface area contributed by atoms with E-state index in [-0.39, 0.29) is 29.5 Å². The first-order valence-electron chi connectivity index (χ1n) is 6.78. The number of halogens is 1. The summed E-state index contributed by atoms with van der Waals surface area (Å²) in [6.07, 6.45) is 2.93. The van der Waals surface area contributed by atoms with E-state index in [0.717, 1.165) is 19.3 Å². The lowest BCUT2D eigenvalue weighted by atomic mass is 10.0. The number of carboxylic acid groups (broad SMARTS) is 1. The Bertz CT molecular complexity index is 551. The van der Waals surface area contributed by atoms with Gasteiger partial charge in [-0.15, -0.1) is 0 Å². The van der Waals surface area contributed by atoms with Gasteiger partial charge in [0.2, 0.25) is 5.91 Å². The molecule has 0 saturated heterocycles. The molecule has 20 heavy (non-hydrogen) atoms. The lowest BCUT2D eigenvalue weighted by Crippen LogP contribution is -2.31. The Balaban J connectivity index is 1.70. The first-order valence-corrected chi connectivity index (χ1v) is 6.78. The number of benzene rings is 1. The van der Waals surface area contributed by atoms with Crippen molar-refractivity contribution in [3.8, 4) is 0 Å². The topological polar surface area (TPSA) is 66.4 Å². The van der Waals surface area contributed by atoms with E-state index in [4.69, 9.17) is 5.11 Å². The molecule has 0 aromatic heterocycles. The minimum atomic E-state index is -0.989. The van der Waals surface area contributed by atoms with Crippen LogP contribution in [0.25, 0.3) is 0 Å². The van der Waals surface area contributed by atoms with Gasteiger partial charge in [-0.2, -0.15) is 0 Å². The Labute approximate surface area is 116 Å². The maximum absolute atomic E-state index is 12.9. The third kappa shape index (κ3) is 2.53. The highest BCUT2D eigenvalue weighted by Gasteiger charge is 2.65. The molecule has 1 aromatic carbocycles. The van der Waals surface area contributed by atoms with E-state index in [1.807, 2.05) is 0 Å². The molecule has 1 aromatic rings. The second-order valence-corrected chi connectivity index (χ2v) is 5.83. The number of nitrogens with one attached hydrogen (secondary N) is 1. The Kier molecular flexibility index (Phi) is 3.00. The molecule has 2 unspecified atom stereocenters. The molecule has 0 heterocycles. The molecule has 0 radical (unpaired) electrons. The summed E-state index contributed by atoms with van der Waals surface area (Å²) >= 11 is 0. The number of carbonyl (C=O) groups is 2. The van der Waals surface area contributed by atoms with Gasteiger partial charge in [0.25, 0.3) is 0 Å². The first-order chi connectivity index (χ1) is 9.50. The van der Waals surface area contributed by atoms with Crippen LogP contribution in [0.2, 0.25) is 0 Å². The fourth-order valence-corrected chi connectivity index (χ4v) is 2.83. The summed E-state index contributed by atoms with van der Waals surface area (Å²) in [7, 11) is 0. The predicted octanol–water partition coefficient (Wildman–Crippen LogP) is 2.26. The van der Waals surface area contributed by atoms with E-state index in [2.05, 4.69) is 5.32 Å². The Hall–Kier alpha value is -1.91. The van der Waals surface area contributed by atoms with Crippen LogP contribution in [0.15, 0.2) is 24.3 Å². The third-order valence-electron chi connectivity index (χ3n) is 4.37. The summed E-state index contributed by atoms with van der Waals surface area (Å²) in [6, 6.07) is 4.98. The lowest BCUT2D eigenvalue weighted by Gasteiger charge is -2.17. The van der Waals surface area contributed by atoms with E-state index in [0.29, 0.717) is 5.56 Å². The number of carbonyl (C=O) groups excluding carboxylic acids is 1. The van der Waals surface area contributed by atoms with E-state index < -0.39 is 12.0 Å². The molecular formula is C15H16FNO3. The first kappa shape index (κ1) is 13.1. The van der Waals surface area contributed by atoms with Crippen molar-refractivity contribution in [2.24, 2.45) is 11.3 Å². The molecule has 2 atom stereocenters. The third-order valence-corrected chi connectivity index (χ3v) is 4.37. The van der Waals surface area contributed by atoms with Crippen molar-refractivity contribution in [3.63, 3.8) is 0 Å². The number of carboxylic acids is 1. The minimum Gasteiger partial charge on any atom is -0.481 e. The number of amides is 1. The number of hydrogen-bond acceptors (Lipinski definition) is 2. The molecule has 2 aliphatic carbocycles. The molecule has 4 nitrogen and oxygen atoms in total. The van der Waals surface area contributed by atoms with Crippen molar-refractivity contribution in [2.45, 2.75) is 31.7 Å². The van der Waals surface area contributed by atoms with Crippen LogP contribution in [-0.4, -0.2) is 17.0 Å². The predicted molar refractivity (Wildman–Crippen MR) is 69.3 cm³/mol. The normalized spacial score (nSPS) is 23.1. The van der Waals surface area contributed by atoms with Crippen LogP contribution < -0.4 is 5.32 Å². The Morgan fingerprint density at radius 3 is 2.50 bits per heavy atom. The standard InChI is InChI=1S/C15H16FNO3/c16-10-3-1-9(2-4-10)12(7-13(18)19)17-14(20)11-8-15(11)5-6-15/h1-4,11-12H,5-8H2,(H,17,20)(H,18,19). The van der Waals surface area contributed by atoms with Crippen LogP contribution in [0.3, 0.4) is 0 Å². The van der Waals surface area contributed by atoms with Crippen LogP contribution in [0.5, 0.6) is 0 Å². The number of aliphatic carboxylic acids is 1. The van der Waals surface area contributed by atoms with Gasteiger partial charge in [-0.3, -0.25) is 9.59 Å². The zero-order valence-electron chi connectivity index (χ0n) is 10.9. The summed E-state index contributed by atoms with van der Waals surface area (Å²) in [6.45, 7) is 0. The average molecular weight is 277 g/mol. The van der Waals surface area contributed by atoms with Gasteiger partial charge in [0, 0.05) is 5.92 Å². The fraction of sp³-hybridized carbons (Fsp3) is 0.467. The van der Waals surface area contributed by atoms with Gasteiger partial charge < -0.3 is 10.4 Å². The highest BCUT2D eigenvalue weighted by atomic mass is 19.1. The molecule has 3 rings (SSSR count). The maximum atomic E-state index is 12.9. The van der Waals surface area contributed by atoms with Crippen molar-refractivity contribution in [1.82, 2.24) is 5.32 Å².